The van der Waals surface area contributed by atoms with Crippen molar-refractivity contribution in [3.05, 3.63) is 53.6 Å². The Morgan fingerprint density at radius 2 is 1.84 bits per heavy atom. The third-order valence-electron chi connectivity index (χ3n) is 3.48. The van der Waals surface area contributed by atoms with Crippen molar-refractivity contribution in [1.29, 1.82) is 0 Å². The minimum absolute atomic E-state index is 0.156. The van der Waals surface area contributed by atoms with Crippen LogP contribution in [-0.4, -0.2) is 19.2 Å². The number of benzene rings is 2. The van der Waals surface area contributed by atoms with Gasteiger partial charge in [-0.3, -0.25) is 0 Å². The standard InChI is InChI=1S/C17H19F3N4S/c1-24(2)13-8-11(7-12(9-13)17(18,19)20)10-22-16(25)23-15-6-4-3-5-14(15)21/h3-9H,10,21H2,1-2H3,(H2,22,23,25). The number of rotatable bonds is 4. The van der Waals surface area contributed by atoms with E-state index in [9.17, 15) is 13.2 Å². The molecule has 0 aliphatic heterocycles. The van der Waals surface area contributed by atoms with Gasteiger partial charge in [-0.25, -0.2) is 0 Å². The molecule has 2 aromatic carbocycles. The molecule has 2 aromatic rings. The Kier molecular flexibility index (Phi) is 5.73. The van der Waals surface area contributed by atoms with Crippen molar-refractivity contribution in [2.45, 2.75) is 12.7 Å². The maximum Gasteiger partial charge on any atom is 0.416 e. The molecule has 0 heterocycles. The van der Waals surface area contributed by atoms with E-state index in [1.165, 1.54) is 0 Å². The first-order chi connectivity index (χ1) is 11.7. The van der Waals surface area contributed by atoms with Gasteiger partial charge in [-0.1, -0.05) is 12.1 Å². The quantitative estimate of drug-likeness (QED) is 0.566. The third kappa shape index (κ3) is 5.25. The van der Waals surface area contributed by atoms with E-state index < -0.39 is 11.7 Å². The van der Waals surface area contributed by atoms with Crippen LogP contribution in [0.25, 0.3) is 0 Å². The molecule has 0 spiro atoms. The molecule has 0 bridgehead atoms. The van der Waals surface area contributed by atoms with Crippen LogP contribution in [0.2, 0.25) is 0 Å². The molecule has 25 heavy (non-hydrogen) atoms. The van der Waals surface area contributed by atoms with E-state index in [4.69, 9.17) is 18.0 Å². The summed E-state index contributed by atoms with van der Waals surface area (Å²) in [4.78, 5) is 1.62. The van der Waals surface area contributed by atoms with E-state index in [0.29, 0.717) is 22.6 Å². The van der Waals surface area contributed by atoms with E-state index in [1.54, 1.807) is 49.3 Å². The highest BCUT2D eigenvalue weighted by Gasteiger charge is 2.31. The zero-order valence-corrected chi connectivity index (χ0v) is 14.6. The van der Waals surface area contributed by atoms with E-state index in [0.717, 1.165) is 12.1 Å². The Labute approximate surface area is 149 Å². The number of anilines is 3. The van der Waals surface area contributed by atoms with Gasteiger partial charge in [-0.05, 0) is 48.1 Å². The van der Waals surface area contributed by atoms with Gasteiger partial charge in [0.05, 0.1) is 16.9 Å². The molecule has 2 rings (SSSR count). The lowest BCUT2D eigenvalue weighted by Gasteiger charge is -2.18. The number of para-hydroxylation sites is 2. The fourth-order valence-electron chi connectivity index (χ4n) is 2.16. The SMILES string of the molecule is CN(C)c1cc(CNC(=S)Nc2ccccc2N)cc(C(F)(F)F)c1. The smallest absolute Gasteiger partial charge is 0.397 e. The lowest BCUT2D eigenvalue weighted by molar-refractivity contribution is -0.137. The Morgan fingerprint density at radius 1 is 1.16 bits per heavy atom. The van der Waals surface area contributed by atoms with Gasteiger partial charge in [0.2, 0.25) is 0 Å². The van der Waals surface area contributed by atoms with Gasteiger partial charge >= 0.3 is 6.18 Å². The molecule has 4 N–H and O–H groups in total. The van der Waals surface area contributed by atoms with Crippen molar-refractivity contribution in [2.75, 3.05) is 30.0 Å². The molecule has 0 saturated heterocycles. The Hall–Kier alpha value is -2.48. The lowest BCUT2D eigenvalue weighted by Crippen LogP contribution is -2.28. The first-order valence-corrected chi connectivity index (χ1v) is 7.85. The summed E-state index contributed by atoms with van der Waals surface area (Å²) in [5, 5.41) is 6.10. The lowest BCUT2D eigenvalue weighted by atomic mass is 10.1. The van der Waals surface area contributed by atoms with Crippen LogP contribution in [0.4, 0.5) is 30.2 Å². The average molecular weight is 368 g/mol. The molecule has 134 valence electrons. The van der Waals surface area contributed by atoms with Crippen molar-refractivity contribution in [3.63, 3.8) is 0 Å². The zero-order chi connectivity index (χ0) is 18.6. The molecule has 0 radical (unpaired) electrons. The average Bonchev–Trinajstić information content (AvgIpc) is 2.54. The Bertz CT molecular complexity index is 760. The van der Waals surface area contributed by atoms with Gasteiger partial charge < -0.3 is 21.3 Å². The number of nitrogens with one attached hydrogen (secondary N) is 2. The second-order valence-corrected chi connectivity index (χ2v) is 6.08. The molecule has 0 aliphatic carbocycles. The summed E-state index contributed by atoms with van der Waals surface area (Å²) >= 11 is 5.18. The van der Waals surface area contributed by atoms with Gasteiger partial charge in [0.15, 0.2) is 5.11 Å². The molecule has 0 amide bonds. The van der Waals surface area contributed by atoms with Crippen LogP contribution in [-0.2, 0) is 12.7 Å². The van der Waals surface area contributed by atoms with Crippen LogP contribution in [0.3, 0.4) is 0 Å². The van der Waals surface area contributed by atoms with Crippen molar-refractivity contribution in [2.24, 2.45) is 0 Å². The molecule has 0 fully saturated rings. The van der Waals surface area contributed by atoms with Crippen LogP contribution in [0.1, 0.15) is 11.1 Å². The topological polar surface area (TPSA) is 53.3 Å². The molecular weight excluding hydrogens is 349 g/mol. The number of hydrogen-bond donors (Lipinski definition) is 3. The van der Waals surface area contributed by atoms with E-state index in [1.807, 2.05) is 0 Å². The zero-order valence-electron chi connectivity index (χ0n) is 13.8. The molecule has 0 saturated carbocycles. The van der Waals surface area contributed by atoms with Crippen LogP contribution < -0.4 is 21.3 Å². The number of alkyl halides is 3. The molecule has 0 aliphatic rings. The van der Waals surface area contributed by atoms with Crippen molar-refractivity contribution in [3.8, 4) is 0 Å². The monoisotopic (exact) mass is 368 g/mol. The Balaban J connectivity index is 2.10. The molecule has 8 heteroatoms. The van der Waals surface area contributed by atoms with Gasteiger partial charge in [0.1, 0.15) is 0 Å². The van der Waals surface area contributed by atoms with E-state index in [2.05, 4.69) is 10.6 Å². The van der Waals surface area contributed by atoms with Gasteiger partial charge in [0, 0.05) is 26.3 Å². The predicted molar refractivity (Wildman–Crippen MR) is 99.7 cm³/mol. The summed E-state index contributed by atoms with van der Waals surface area (Å²) < 4.78 is 39.2. The summed E-state index contributed by atoms with van der Waals surface area (Å²) in [6.07, 6.45) is -4.40. The van der Waals surface area contributed by atoms with Gasteiger partial charge in [-0.2, -0.15) is 13.2 Å². The normalized spacial score (nSPS) is 11.1. The number of nitrogens with zero attached hydrogens (tertiary/aromatic N) is 1. The van der Waals surface area contributed by atoms with Crippen LogP contribution in [0, 0.1) is 0 Å². The van der Waals surface area contributed by atoms with Crippen LogP contribution in [0.5, 0.6) is 0 Å². The van der Waals surface area contributed by atoms with E-state index >= 15 is 0 Å². The molecular formula is C17H19F3N4S. The van der Waals surface area contributed by atoms with Crippen molar-refractivity contribution >= 4 is 34.4 Å². The van der Waals surface area contributed by atoms with E-state index in [-0.39, 0.29) is 11.7 Å². The summed E-state index contributed by atoms with van der Waals surface area (Å²) in [5.74, 6) is 0. The largest absolute Gasteiger partial charge is 0.416 e. The van der Waals surface area contributed by atoms with Gasteiger partial charge in [0.25, 0.3) is 0 Å². The first kappa shape index (κ1) is 18.9. The maximum absolute atomic E-state index is 13.1. The number of nitrogens with two attached hydrogens (primary N) is 1. The summed E-state index contributed by atoms with van der Waals surface area (Å²) in [6.45, 7) is 0.156. The fraction of sp³-hybridized carbons (Fsp3) is 0.235. The minimum atomic E-state index is -4.40. The number of nitrogen functional groups attached to an aromatic ring is 1. The molecule has 0 aromatic heterocycles. The van der Waals surface area contributed by atoms with Gasteiger partial charge in [-0.15, -0.1) is 0 Å². The Morgan fingerprint density at radius 3 is 2.44 bits per heavy atom. The van der Waals surface area contributed by atoms with Crippen LogP contribution in [0.15, 0.2) is 42.5 Å². The third-order valence-corrected chi connectivity index (χ3v) is 3.73. The highest BCUT2D eigenvalue weighted by atomic mass is 32.1. The molecule has 0 unspecified atom stereocenters. The fourth-order valence-corrected chi connectivity index (χ4v) is 2.34. The van der Waals surface area contributed by atoms with Crippen molar-refractivity contribution < 1.29 is 13.2 Å². The van der Waals surface area contributed by atoms with Crippen LogP contribution >= 0.6 is 12.2 Å². The van der Waals surface area contributed by atoms with Crippen molar-refractivity contribution in [1.82, 2.24) is 5.32 Å². The predicted octanol–water partition coefficient (Wildman–Crippen LogP) is 3.84. The minimum Gasteiger partial charge on any atom is -0.397 e. The number of halogens is 3. The second-order valence-electron chi connectivity index (χ2n) is 5.68. The first-order valence-electron chi connectivity index (χ1n) is 7.44. The number of hydrogen-bond acceptors (Lipinski definition) is 3. The number of thiocarbonyl (C=S) groups is 1. The highest BCUT2D eigenvalue weighted by molar-refractivity contribution is 7.80. The second kappa shape index (κ2) is 7.60. The molecule has 0 atom stereocenters. The molecule has 4 nitrogen and oxygen atoms in total. The summed E-state index contributed by atoms with van der Waals surface area (Å²) in [5.41, 5.74) is 7.23. The maximum atomic E-state index is 13.1. The summed E-state index contributed by atoms with van der Waals surface area (Å²) in [6, 6.07) is 11.0. The highest BCUT2D eigenvalue weighted by Crippen LogP contribution is 2.32. The summed E-state index contributed by atoms with van der Waals surface area (Å²) in [7, 11) is 3.38.